The number of carbonyl (C=O) groups is 2. The van der Waals surface area contributed by atoms with Gasteiger partial charge in [0.15, 0.2) is 0 Å². The fourth-order valence-corrected chi connectivity index (χ4v) is 4.94. The van der Waals surface area contributed by atoms with Gasteiger partial charge in [-0.3, -0.25) is 9.80 Å². The fourth-order valence-electron chi connectivity index (χ4n) is 4.52. The molecule has 1 fully saturated rings. The lowest BCUT2D eigenvalue weighted by Crippen LogP contribution is -2.51. The first-order valence-electron chi connectivity index (χ1n) is 11.0. The van der Waals surface area contributed by atoms with Crippen molar-refractivity contribution in [2.24, 2.45) is 0 Å². The van der Waals surface area contributed by atoms with E-state index < -0.39 is 12.0 Å². The van der Waals surface area contributed by atoms with Crippen LogP contribution in [0.15, 0.2) is 29.5 Å². The van der Waals surface area contributed by atoms with Gasteiger partial charge in [0.25, 0.3) is 0 Å². The van der Waals surface area contributed by atoms with E-state index in [4.69, 9.17) is 27.9 Å². The van der Waals surface area contributed by atoms with E-state index in [2.05, 4.69) is 17.3 Å². The third-order valence-electron chi connectivity index (χ3n) is 6.14. The normalized spacial score (nSPS) is 20.3. The molecule has 8 heteroatoms. The molecule has 1 heterocycles. The van der Waals surface area contributed by atoms with Crippen LogP contribution < -0.4 is 5.32 Å². The van der Waals surface area contributed by atoms with E-state index in [-0.39, 0.29) is 12.6 Å². The largest absolute Gasteiger partial charge is 0.463 e. The Kier molecular flexibility index (Phi) is 8.25. The summed E-state index contributed by atoms with van der Waals surface area (Å²) in [6.45, 7) is 4.83. The van der Waals surface area contributed by atoms with Crippen LogP contribution in [-0.2, 0) is 9.53 Å². The second kappa shape index (κ2) is 10.7. The van der Waals surface area contributed by atoms with Gasteiger partial charge in [-0.2, -0.15) is 0 Å². The summed E-state index contributed by atoms with van der Waals surface area (Å²) in [6.07, 6.45) is 5.93. The molecule has 0 unspecified atom stereocenters. The van der Waals surface area contributed by atoms with Crippen molar-refractivity contribution in [1.82, 2.24) is 15.1 Å². The SMILES string of the molecule is CCOC(=O)C1=C(CN(C)C2CCCCC2)N(CC)C(=O)N[C@@H]1c1cccc(Cl)c1Cl. The van der Waals surface area contributed by atoms with Gasteiger partial charge < -0.3 is 10.1 Å². The Bertz CT molecular complexity index is 852. The Labute approximate surface area is 194 Å². The Morgan fingerprint density at radius 3 is 2.58 bits per heavy atom. The molecule has 0 saturated heterocycles. The van der Waals surface area contributed by atoms with Gasteiger partial charge in [0.05, 0.1) is 28.3 Å². The van der Waals surface area contributed by atoms with E-state index in [0.29, 0.717) is 46.0 Å². The second-order valence-corrected chi connectivity index (χ2v) is 8.84. The summed E-state index contributed by atoms with van der Waals surface area (Å²) in [5, 5.41) is 3.63. The highest BCUT2D eigenvalue weighted by Gasteiger charge is 2.39. The lowest BCUT2D eigenvalue weighted by atomic mass is 9.92. The molecule has 1 saturated carbocycles. The van der Waals surface area contributed by atoms with Gasteiger partial charge in [0.2, 0.25) is 0 Å². The number of nitrogens with zero attached hydrogens (tertiary/aromatic N) is 2. The first-order valence-corrected chi connectivity index (χ1v) is 11.8. The molecule has 2 aliphatic rings. The molecule has 1 aromatic rings. The van der Waals surface area contributed by atoms with E-state index in [0.717, 1.165) is 12.8 Å². The summed E-state index contributed by atoms with van der Waals surface area (Å²) in [5.41, 5.74) is 1.66. The number of hydrogen-bond acceptors (Lipinski definition) is 4. The molecular formula is C23H31Cl2N3O3. The first kappa shape index (κ1) is 23.9. The van der Waals surface area contributed by atoms with Crippen molar-refractivity contribution in [3.05, 3.63) is 45.1 Å². The zero-order valence-electron chi connectivity index (χ0n) is 18.4. The Hall–Kier alpha value is -1.76. The number of carbonyl (C=O) groups excluding carboxylic acids is 2. The molecule has 0 aromatic heterocycles. The van der Waals surface area contributed by atoms with Crippen LogP contribution in [0.3, 0.4) is 0 Å². The fraction of sp³-hybridized carbons (Fsp3) is 0.565. The highest BCUT2D eigenvalue weighted by Crippen LogP contribution is 2.38. The quantitative estimate of drug-likeness (QED) is 0.562. The van der Waals surface area contributed by atoms with Crippen LogP contribution >= 0.6 is 23.2 Å². The third kappa shape index (κ3) is 5.18. The molecule has 0 spiro atoms. The first-order chi connectivity index (χ1) is 14.9. The number of amides is 2. The van der Waals surface area contributed by atoms with Crippen molar-refractivity contribution in [2.75, 3.05) is 26.7 Å². The summed E-state index contributed by atoms with van der Waals surface area (Å²) in [6, 6.07) is 4.67. The Balaban J connectivity index is 2.09. The highest BCUT2D eigenvalue weighted by molar-refractivity contribution is 6.42. The van der Waals surface area contributed by atoms with E-state index in [1.165, 1.54) is 19.3 Å². The lowest BCUT2D eigenvalue weighted by Gasteiger charge is -2.39. The monoisotopic (exact) mass is 467 g/mol. The summed E-state index contributed by atoms with van der Waals surface area (Å²) in [7, 11) is 2.06. The van der Waals surface area contributed by atoms with Gasteiger partial charge in [0.1, 0.15) is 0 Å². The topological polar surface area (TPSA) is 61.9 Å². The van der Waals surface area contributed by atoms with Crippen molar-refractivity contribution in [3.63, 3.8) is 0 Å². The van der Waals surface area contributed by atoms with Crippen LogP contribution in [0.5, 0.6) is 0 Å². The number of urea groups is 1. The lowest BCUT2D eigenvalue weighted by molar-refractivity contribution is -0.139. The molecule has 0 bridgehead atoms. The molecule has 6 nitrogen and oxygen atoms in total. The second-order valence-electron chi connectivity index (χ2n) is 8.06. The smallest absolute Gasteiger partial charge is 0.338 e. The van der Waals surface area contributed by atoms with Crippen LogP contribution in [0.1, 0.15) is 57.6 Å². The number of esters is 1. The van der Waals surface area contributed by atoms with E-state index >= 15 is 0 Å². The van der Waals surface area contributed by atoms with Gasteiger partial charge in [0, 0.05) is 24.8 Å². The number of nitrogens with one attached hydrogen (secondary N) is 1. The average molecular weight is 468 g/mol. The van der Waals surface area contributed by atoms with Crippen LogP contribution in [0.4, 0.5) is 4.79 Å². The average Bonchev–Trinajstić information content (AvgIpc) is 2.76. The Morgan fingerprint density at radius 1 is 1.23 bits per heavy atom. The number of hydrogen-bond donors (Lipinski definition) is 1. The minimum absolute atomic E-state index is 0.240. The standard InChI is InChI=1S/C23H31Cl2N3O3/c1-4-28-18(14-27(3)15-10-7-6-8-11-15)19(22(29)31-5-2)21(26-23(28)30)16-12-9-13-17(24)20(16)25/h9,12-13,15,21H,4-8,10-11,14H2,1-3H3,(H,26,30)/t21-/m1/s1. The summed E-state index contributed by atoms with van der Waals surface area (Å²) < 4.78 is 5.42. The number of likely N-dealkylation sites (N-methyl/N-ethyl adjacent to an activating group) is 2. The van der Waals surface area contributed by atoms with Gasteiger partial charge >= 0.3 is 12.0 Å². The van der Waals surface area contributed by atoms with Crippen molar-refractivity contribution in [3.8, 4) is 0 Å². The molecule has 1 aliphatic heterocycles. The molecular weight excluding hydrogens is 437 g/mol. The predicted octanol–water partition coefficient (Wildman–Crippen LogP) is 5.16. The number of halogens is 2. The maximum Gasteiger partial charge on any atom is 0.338 e. The molecule has 31 heavy (non-hydrogen) atoms. The maximum atomic E-state index is 13.2. The summed E-state index contributed by atoms with van der Waals surface area (Å²) >= 11 is 12.7. The maximum absolute atomic E-state index is 13.2. The highest BCUT2D eigenvalue weighted by atomic mass is 35.5. The molecule has 0 radical (unpaired) electrons. The van der Waals surface area contributed by atoms with Crippen LogP contribution in [0.25, 0.3) is 0 Å². The third-order valence-corrected chi connectivity index (χ3v) is 6.97. The van der Waals surface area contributed by atoms with Crippen molar-refractivity contribution in [2.45, 2.75) is 58.0 Å². The van der Waals surface area contributed by atoms with Gasteiger partial charge in [-0.1, -0.05) is 54.6 Å². The van der Waals surface area contributed by atoms with Crippen LogP contribution in [0.2, 0.25) is 10.0 Å². The summed E-state index contributed by atoms with van der Waals surface area (Å²) in [5.74, 6) is -0.450. The van der Waals surface area contributed by atoms with Crippen LogP contribution in [-0.4, -0.2) is 54.6 Å². The zero-order chi connectivity index (χ0) is 22.5. The van der Waals surface area contributed by atoms with E-state index in [1.54, 1.807) is 30.0 Å². The minimum atomic E-state index is -0.727. The molecule has 1 atom stereocenters. The van der Waals surface area contributed by atoms with Crippen molar-refractivity contribution in [1.29, 1.82) is 0 Å². The number of benzene rings is 1. The molecule has 170 valence electrons. The number of ether oxygens (including phenoxy) is 1. The van der Waals surface area contributed by atoms with Gasteiger partial charge in [-0.15, -0.1) is 0 Å². The molecule has 2 amide bonds. The van der Waals surface area contributed by atoms with Crippen molar-refractivity contribution < 1.29 is 14.3 Å². The summed E-state index contributed by atoms with van der Waals surface area (Å²) in [4.78, 5) is 30.1. The molecule has 1 aliphatic carbocycles. The van der Waals surface area contributed by atoms with Gasteiger partial charge in [-0.05, 0) is 45.4 Å². The zero-order valence-corrected chi connectivity index (χ0v) is 19.9. The van der Waals surface area contributed by atoms with Crippen LogP contribution in [0, 0.1) is 0 Å². The van der Waals surface area contributed by atoms with E-state index in [9.17, 15) is 9.59 Å². The van der Waals surface area contributed by atoms with Crippen molar-refractivity contribution >= 4 is 35.2 Å². The Morgan fingerprint density at radius 2 is 1.94 bits per heavy atom. The predicted molar refractivity (Wildman–Crippen MR) is 123 cm³/mol. The molecule has 3 rings (SSSR count). The van der Waals surface area contributed by atoms with E-state index in [1.807, 2.05) is 6.92 Å². The minimum Gasteiger partial charge on any atom is -0.463 e. The molecule has 1 aromatic carbocycles. The molecule has 1 N–H and O–H groups in total. The van der Waals surface area contributed by atoms with Gasteiger partial charge in [-0.25, -0.2) is 9.59 Å². The number of rotatable bonds is 7.